The third kappa shape index (κ3) is 2.37. The normalized spacial score (nSPS) is 13.5. The Morgan fingerprint density at radius 1 is 1.08 bits per heavy atom. The maximum absolute atomic E-state index is 12.7. The summed E-state index contributed by atoms with van der Waals surface area (Å²) in [6.45, 7) is 0. The third-order valence-electron chi connectivity index (χ3n) is 3.75. The second-order valence-corrected chi connectivity index (χ2v) is 8.32. The molecule has 8 heteroatoms. The molecule has 0 atom stereocenters. The number of Topliss-reactive ketones (excluding diaryl/α,β-unsaturated/α-hetero) is 1. The molecule has 4 rings (SSSR count). The molecule has 0 saturated carbocycles. The monoisotopic (exact) mass is 530 g/mol. The van der Waals surface area contributed by atoms with E-state index in [9.17, 15) is 9.90 Å². The molecule has 2 heterocycles. The maximum atomic E-state index is 12.7. The Morgan fingerprint density at radius 3 is 2.54 bits per heavy atom. The second kappa shape index (κ2) is 5.69. The number of aromatic nitrogens is 1. The first-order chi connectivity index (χ1) is 11.4. The molecule has 120 valence electrons. The number of aliphatic imine (C=N–C) groups is 1. The average Bonchev–Trinajstić information content (AvgIpc) is 2.99. The molecule has 0 radical (unpaired) electrons. The van der Waals surface area contributed by atoms with E-state index in [1.165, 1.54) is 0 Å². The van der Waals surface area contributed by atoms with Crippen LogP contribution in [0.1, 0.15) is 16.1 Å². The molecular formula is C16H6Br3ClN2O2. The number of ketones is 1. The van der Waals surface area contributed by atoms with Crippen LogP contribution in [0.4, 0.5) is 5.69 Å². The lowest BCUT2D eigenvalue weighted by molar-refractivity contribution is 0.106. The summed E-state index contributed by atoms with van der Waals surface area (Å²) in [6, 6.07) is 6.97. The van der Waals surface area contributed by atoms with E-state index in [1.807, 2.05) is 6.07 Å². The SMILES string of the molecule is O=C1C(c2[nH]c3c(Cl)cc(Br)cc3c2O)=Nc2c(Br)cc(Br)cc21. The fourth-order valence-electron chi connectivity index (χ4n) is 2.69. The van der Waals surface area contributed by atoms with E-state index >= 15 is 0 Å². The quantitative estimate of drug-likeness (QED) is 0.395. The van der Waals surface area contributed by atoms with Gasteiger partial charge < -0.3 is 10.1 Å². The number of carbonyl (C=O) groups is 1. The van der Waals surface area contributed by atoms with Crippen molar-refractivity contribution in [2.45, 2.75) is 0 Å². The van der Waals surface area contributed by atoms with Crippen LogP contribution in [0.2, 0.25) is 5.02 Å². The number of aromatic hydroxyl groups is 1. The average molecular weight is 533 g/mol. The number of halogens is 4. The van der Waals surface area contributed by atoms with E-state index in [0.29, 0.717) is 31.6 Å². The van der Waals surface area contributed by atoms with Gasteiger partial charge in [-0.05, 0) is 40.2 Å². The lowest BCUT2D eigenvalue weighted by Gasteiger charge is -1.99. The van der Waals surface area contributed by atoms with Crippen molar-refractivity contribution in [3.63, 3.8) is 0 Å². The van der Waals surface area contributed by atoms with E-state index in [2.05, 4.69) is 57.8 Å². The van der Waals surface area contributed by atoms with Crippen molar-refractivity contribution in [1.29, 1.82) is 0 Å². The lowest BCUT2D eigenvalue weighted by Crippen LogP contribution is -2.11. The van der Waals surface area contributed by atoms with Crippen molar-refractivity contribution in [3.8, 4) is 5.75 Å². The molecule has 2 N–H and O–H groups in total. The summed E-state index contributed by atoms with van der Waals surface area (Å²) in [5, 5.41) is 11.5. The summed E-state index contributed by atoms with van der Waals surface area (Å²) in [4.78, 5) is 20.2. The number of hydrogen-bond donors (Lipinski definition) is 2. The molecule has 2 aromatic carbocycles. The molecule has 0 aliphatic carbocycles. The maximum Gasteiger partial charge on any atom is 0.215 e. The highest BCUT2D eigenvalue weighted by atomic mass is 79.9. The van der Waals surface area contributed by atoms with Gasteiger partial charge in [-0.3, -0.25) is 4.79 Å². The number of nitrogens with one attached hydrogen (secondary N) is 1. The number of aromatic amines is 1. The zero-order valence-electron chi connectivity index (χ0n) is 11.6. The largest absolute Gasteiger partial charge is 0.505 e. The zero-order chi connectivity index (χ0) is 17.2. The van der Waals surface area contributed by atoms with Crippen LogP contribution in [0.15, 0.2) is 42.7 Å². The highest BCUT2D eigenvalue weighted by Crippen LogP contribution is 2.41. The van der Waals surface area contributed by atoms with Crippen LogP contribution in [0.25, 0.3) is 10.9 Å². The van der Waals surface area contributed by atoms with E-state index in [4.69, 9.17) is 11.6 Å². The van der Waals surface area contributed by atoms with Crippen molar-refractivity contribution in [1.82, 2.24) is 4.98 Å². The topological polar surface area (TPSA) is 65.5 Å². The molecule has 1 aromatic heterocycles. The van der Waals surface area contributed by atoms with Gasteiger partial charge in [-0.2, -0.15) is 0 Å². The van der Waals surface area contributed by atoms with Crippen LogP contribution in [0.5, 0.6) is 5.75 Å². The number of nitrogens with zero attached hydrogens (tertiary/aromatic N) is 1. The summed E-state index contributed by atoms with van der Waals surface area (Å²) in [5.41, 5.74) is 1.98. The highest BCUT2D eigenvalue weighted by molar-refractivity contribution is 9.11. The van der Waals surface area contributed by atoms with Crippen LogP contribution >= 0.6 is 59.4 Å². The van der Waals surface area contributed by atoms with Crippen LogP contribution in [0.3, 0.4) is 0 Å². The first-order valence-corrected chi connectivity index (χ1v) is 9.45. The first kappa shape index (κ1) is 16.3. The molecule has 0 unspecified atom stereocenters. The standard InChI is InChI=1S/C16H6Br3ClN2O2/c17-5-1-7-11(9(19)3-5)21-13(15(7)23)14-16(24)8-2-6(18)4-10(20)12(8)22-14/h1-4,22,24H. The molecule has 1 aliphatic rings. The molecular weight excluding hydrogens is 527 g/mol. The molecule has 3 aromatic rings. The summed E-state index contributed by atoms with van der Waals surface area (Å²) in [7, 11) is 0. The smallest absolute Gasteiger partial charge is 0.215 e. The summed E-state index contributed by atoms with van der Waals surface area (Å²) < 4.78 is 2.20. The Kier molecular flexibility index (Phi) is 3.87. The van der Waals surface area contributed by atoms with Crippen LogP contribution in [-0.2, 0) is 0 Å². The van der Waals surface area contributed by atoms with Crippen molar-refractivity contribution in [2.75, 3.05) is 0 Å². The predicted molar refractivity (Wildman–Crippen MR) is 105 cm³/mol. The summed E-state index contributed by atoms with van der Waals surface area (Å²) in [6.07, 6.45) is 0. The first-order valence-electron chi connectivity index (χ1n) is 6.69. The van der Waals surface area contributed by atoms with Gasteiger partial charge in [0.2, 0.25) is 5.78 Å². The highest BCUT2D eigenvalue weighted by Gasteiger charge is 2.31. The fourth-order valence-corrected chi connectivity index (χ4v) is 4.86. The Hall–Kier alpha value is -1.15. The Balaban J connectivity index is 1.95. The van der Waals surface area contributed by atoms with Gasteiger partial charge in [-0.25, -0.2) is 4.99 Å². The lowest BCUT2D eigenvalue weighted by atomic mass is 10.1. The van der Waals surface area contributed by atoms with Crippen LogP contribution < -0.4 is 0 Å². The summed E-state index contributed by atoms with van der Waals surface area (Å²) in [5.74, 6) is -0.313. The molecule has 0 fully saturated rings. The Labute approximate surface area is 166 Å². The second-order valence-electron chi connectivity index (χ2n) is 5.23. The third-order valence-corrected chi connectivity index (χ3v) is 5.56. The molecule has 0 saturated heterocycles. The van der Waals surface area contributed by atoms with Gasteiger partial charge in [-0.1, -0.05) is 43.5 Å². The predicted octanol–water partition coefficient (Wildman–Crippen LogP) is 6.13. The van der Waals surface area contributed by atoms with Crippen molar-refractivity contribution in [2.24, 2.45) is 4.99 Å². The van der Waals surface area contributed by atoms with Gasteiger partial charge in [0.25, 0.3) is 0 Å². The minimum Gasteiger partial charge on any atom is -0.505 e. The number of fused-ring (bicyclic) bond motifs is 2. The van der Waals surface area contributed by atoms with Gasteiger partial charge >= 0.3 is 0 Å². The fraction of sp³-hybridized carbons (Fsp3) is 0. The molecule has 24 heavy (non-hydrogen) atoms. The number of rotatable bonds is 1. The van der Waals surface area contributed by atoms with Gasteiger partial charge in [0.15, 0.2) is 5.75 Å². The Morgan fingerprint density at radius 2 is 1.79 bits per heavy atom. The van der Waals surface area contributed by atoms with Gasteiger partial charge in [0.1, 0.15) is 11.4 Å². The van der Waals surface area contributed by atoms with Crippen LogP contribution in [0, 0.1) is 0 Å². The molecule has 0 amide bonds. The van der Waals surface area contributed by atoms with Crippen molar-refractivity contribution < 1.29 is 9.90 Å². The van der Waals surface area contributed by atoms with E-state index in [1.54, 1.807) is 18.2 Å². The van der Waals surface area contributed by atoms with Gasteiger partial charge in [0.05, 0.1) is 21.8 Å². The molecule has 1 aliphatic heterocycles. The van der Waals surface area contributed by atoms with Crippen LogP contribution in [-0.4, -0.2) is 21.6 Å². The minimum atomic E-state index is -0.260. The van der Waals surface area contributed by atoms with E-state index < -0.39 is 0 Å². The van der Waals surface area contributed by atoms with Gasteiger partial charge in [0, 0.05) is 18.8 Å². The van der Waals surface area contributed by atoms with Crippen molar-refractivity contribution in [3.05, 3.63) is 54.0 Å². The Bertz CT molecular complexity index is 1090. The number of H-pyrrole nitrogens is 1. The van der Waals surface area contributed by atoms with Gasteiger partial charge in [-0.15, -0.1) is 0 Å². The molecule has 0 spiro atoms. The molecule has 0 bridgehead atoms. The zero-order valence-corrected chi connectivity index (χ0v) is 17.1. The molecule has 4 nitrogen and oxygen atoms in total. The summed E-state index contributed by atoms with van der Waals surface area (Å²) >= 11 is 16.3. The van der Waals surface area contributed by atoms with E-state index in [0.717, 1.165) is 8.95 Å². The number of carbonyl (C=O) groups excluding carboxylic acids is 1. The minimum absolute atomic E-state index is 0.0525. The van der Waals surface area contributed by atoms with Crippen molar-refractivity contribution >= 4 is 87.5 Å². The number of hydrogen-bond acceptors (Lipinski definition) is 3. The number of benzene rings is 2. The van der Waals surface area contributed by atoms with E-state index in [-0.39, 0.29) is 22.9 Å².